The molecule has 0 saturated carbocycles. The van der Waals surface area contributed by atoms with Gasteiger partial charge in [-0.25, -0.2) is 0 Å². The third-order valence-corrected chi connectivity index (χ3v) is 3.37. The number of nitrogens with one attached hydrogen (secondary N) is 1. The molecular formula is C13H21N3O. The van der Waals surface area contributed by atoms with Crippen molar-refractivity contribution in [2.75, 3.05) is 13.1 Å². The molecule has 0 aliphatic carbocycles. The van der Waals surface area contributed by atoms with Gasteiger partial charge in [-0.1, -0.05) is 13.8 Å². The van der Waals surface area contributed by atoms with Gasteiger partial charge in [0.25, 0.3) is 0 Å². The second kappa shape index (κ2) is 4.90. The van der Waals surface area contributed by atoms with E-state index < -0.39 is 0 Å². The number of hydrogen-bond acceptors (Lipinski definition) is 2. The van der Waals surface area contributed by atoms with Crippen molar-refractivity contribution < 1.29 is 4.79 Å². The summed E-state index contributed by atoms with van der Waals surface area (Å²) in [6, 6.07) is 2.09. The normalized spacial score (nSPS) is 20.9. The molecule has 4 heteroatoms. The maximum atomic E-state index is 12.0. The minimum atomic E-state index is 0.0923. The van der Waals surface area contributed by atoms with Gasteiger partial charge in [-0.3, -0.25) is 9.89 Å². The molecule has 94 valence electrons. The SMILES string of the molecule is Cc1cc(C2CCCN(C(=O)C(C)C)C2)n[nH]1. The summed E-state index contributed by atoms with van der Waals surface area (Å²) in [6.45, 7) is 7.66. The molecule has 1 aromatic heterocycles. The summed E-state index contributed by atoms with van der Waals surface area (Å²) in [5.74, 6) is 0.757. The largest absolute Gasteiger partial charge is 0.342 e. The minimum absolute atomic E-state index is 0.0923. The van der Waals surface area contributed by atoms with E-state index in [4.69, 9.17) is 0 Å². The molecule has 0 spiro atoms. The van der Waals surface area contributed by atoms with Gasteiger partial charge in [-0.2, -0.15) is 5.10 Å². The zero-order valence-electron chi connectivity index (χ0n) is 10.9. The second-order valence-corrected chi connectivity index (χ2v) is 5.25. The van der Waals surface area contributed by atoms with Gasteiger partial charge in [0.1, 0.15) is 0 Å². The number of piperidine rings is 1. The Labute approximate surface area is 102 Å². The summed E-state index contributed by atoms with van der Waals surface area (Å²) in [7, 11) is 0. The first kappa shape index (κ1) is 12.1. The number of nitrogens with zero attached hydrogens (tertiary/aromatic N) is 2. The third kappa shape index (κ3) is 2.68. The van der Waals surface area contributed by atoms with Crippen LogP contribution in [0.5, 0.6) is 0 Å². The van der Waals surface area contributed by atoms with Gasteiger partial charge in [0.05, 0.1) is 5.69 Å². The van der Waals surface area contributed by atoms with Crippen molar-refractivity contribution in [1.82, 2.24) is 15.1 Å². The van der Waals surface area contributed by atoms with Crippen LogP contribution in [0.2, 0.25) is 0 Å². The molecular weight excluding hydrogens is 214 g/mol. The van der Waals surface area contributed by atoms with Crippen LogP contribution in [-0.2, 0) is 4.79 Å². The summed E-state index contributed by atoms with van der Waals surface area (Å²) < 4.78 is 0. The maximum Gasteiger partial charge on any atom is 0.225 e. The Morgan fingerprint density at radius 2 is 2.35 bits per heavy atom. The van der Waals surface area contributed by atoms with Gasteiger partial charge in [0.15, 0.2) is 0 Å². The molecule has 0 bridgehead atoms. The van der Waals surface area contributed by atoms with Gasteiger partial charge < -0.3 is 4.90 Å². The van der Waals surface area contributed by atoms with Crippen molar-refractivity contribution in [3.8, 4) is 0 Å². The fourth-order valence-corrected chi connectivity index (χ4v) is 2.43. The first-order chi connectivity index (χ1) is 8.08. The lowest BCUT2D eigenvalue weighted by atomic mass is 9.94. The monoisotopic (exact) mass is 235 g/mol. The molecule has 0 aromatic carbocycles. The fourth-order valence-electron chi connectivity index (χ4n) is 2.43. The Bertz CT molecular complexity index is 397. The molecule has 1 aromatic rings. The van der Waals surface area contributed by atoms with Crippen molar-refractivity contribution in [3.05, 3.63) is 17.5 Å². The average molecular weight is 235 g/mol. The van der Waals surface area contributed by atoms with Gasteiger partial charge in [0, 0.05) is 30.6 Å². The number of carbonyl (C=O) groups is 1. The molecule has 1 saturated heterocycles. The molecule has 0 radical (unpaired) electrons. The highest BCUT2D eigenvalue weighted by atomic mass is 16.2. The molecule has 17 heavy (non-hydrogen) atoms. The number of H-pyrrole nitrogens is 1. The van der Waals surface area contributed by atoms with E-state index in [0.717, 1.165) is 37.3 Å². The molecule has 4 nitrogen and oxygen atoms in total. The minimum Gasteiger partial charge on any atom is -0.342 e. The van der Waals surface area contributed by atoms with Gasteiger partial charge >= 0.3 is 0 Å². The van der Waals surface area contributed by atoms with E-state index in [9.17, 15) is 4.79 Å². The summed E-state index contributed by atoms with van der Waals surface area (Å²) in [6.07, 6.45) is 2.21. The van der Waals surface area contributed by atoms with Crippen LogP contribution in [0.4, 0.5) is 0 Å². The predicted molar refractivity (Wildman–Crippen MR) is 66.7 cm³/mol. The Morgan fingerprint density at radius 1 is 1.59 bits per heavy atom. The molecule has 1 N–H and O–H groups in total. The van der Waals surface area contributed by atoms with E-state index >= 15 is 0 Å². The Morgan fingerprint density at radius 3 is 2.94 bits per heavy atom. The second-order valence-electron chi connectivity index (χ2n) is 5.25. The van der Waals surface area contributed by atoms with E-state index in [2.05, 4.69) is 16.3 Å². The summed E-state index contributed by atoms with van der Waals surface area (Å²) >= 11 is 0. The van der Waals surface area contributed by atoms with Crippen LogP contribution in [0, 0.1) is 12.8 Å². The van der Waals surface area contributed by atoms with Crippen molar-refractivity contribution in [1.29, 1.82) is 0 Å². The molecule has 1 aliphatic rings. The van der Waals surface area contributed by atoms with E-state index in [1.54, 1.807) is 0 Å². The smallest absolute Gasteiger partial charge is 0.225 e. The zero-order chi connectivity index (χ0) is 12.4. The quantitative estimate of drug-likeness (QED) is 0.853. The standard InChI is InChI=1S/C13H21N3O/c1-9(2)13(17)16-6-4-5-11(8-16)12-7-10(3)14-15-12/h7,9,11H,4-6,8H2,1-3H3,(H,14,15). The highest BCUT2D eigenvalue weighted by molar-refractivity contribution is 5.78. The highest BCUT2D eigenvalue weighted by Crippen LogP contribution is 2.26. The number of aryl methyl sites for hydroxylation is 1. The topological polar surface area (TPSA) is 49.0 Å². The molecule has 1 amide bonds. The van der Waals surface area contributed by atoms with E-state index in [0.29, 0.717) is 5.92 Å². The van der Waals surface area contributed by atoms with Crippen LogP contribution in [0.1, 0.15) is 44.0 Å². The summed E-state index contributed by atoms with van der Waals surface area (Å²) in [5, 5.41) is 7.29. The number of aromatic amines is 1. The molecule has 1 unspecified atom stereocenters. The number of aromatic nitrogens is 2. The number of amides is 1. The van der Waals surface area contributed by atoms with Crippen molar-refractivity contribution in [2.45, 2.75) is 39.5 Å². The molecule has 1 atom stereocenters. The lowest BCUT2D eigenvalue weighted by Gasteiger charge is -2.33. The van der Waals surface area contributed by atoms with E-state index in [1.807, 2.05) is 25.7 Å². The van der Waals surface area contributed by atoms with Crippen molar-refractivity contribution in [3.63, 3.8) is 0 Å². The lowest BCUT2D eigenvalue weighted by molar-refractivity contribution is -0.135. The Balaban J connectivity index is 2.04. The van der Waals surface area contributed by atoms with Crippen LogP contribution in [0.15, 0.2) is 6.07 Å². The molecule has 1 fully saturated rings. The Kier molecular flexibility index (Phi) is 3.50. The molecule has 2 rings (SSSR count). The van der Waals surface area contributed by atoms with Crippen LogP contribution < -0.4 is 0 Å². The first-order valence-corrected chi connectivity index (χ1v) is 6.38. The highest BCUT2D eigenvalue weighted by Gasteiger charge is 2.27. The first-order valence-electron chi connectivity index (χ1n) is 6.38. The summed E-state index contributed by atoms with van der Waals surface area (Å²) in [5.41, 5.74) is 2.19. The van der Waals surface area contributed by atoms with Crippen molar-refractivity contribution in [2.24, 2.45) is 5.92 Å². The van der Waals surface area contributed by atoms with Gasteiger partial charge in [-0.05, 0) is 25.8 Å². The van der Waals surface area contributed by atoms with E-state index in [1.165, 1.54) is 0 Å². The lowest BCUT2D eigenvalue weighted by Crippen LogP contribution is -2.41. The van der Waals surface area contributed by atoms with Crippen molar-refractivity contribution >= 4 is 5.91 Å². The summed E-state index contributed by atoms with van der Waals surface area (Å²) in [4.78, 5) is 14.0. The predicted octanol–water partition coefficient (Wildman–Crippen LogP) is 2.08. The Hall–Kier alpha value is -1.32. The van der Waals surface area contributed by atoms with Crippen LogP contribution in [0.3, 0.4) is 0 Å². The molecule has 2 heterocycles. The molecule has 1 aliphatic heterocycles. The van der Waals surface area contributed by atoms with Gasteiger partial charge in [0.2, 0.25) is 5.91 Å². The zero-order valence-corrected chi connectivity index (χ0v) is 10.9. The number of rotatable bonds is 2. The number of likely N-dealkylation sites (tertiary alicyclic amines) is 1. The van der Waals surface area contributed by atoms with Crippen LogP contribution >= 0.6 is 0 Å². The van der Waals surface area contributed by atoms with Crippen LogP contribution in [0.25, 0.3) is 0 Å². The van der Waals surface area contributed by atoms with Crippen LogP contribution in [-0.4, -0.2) is 34.1 Å². The number of hydrogen-bond donors (Lipinski definition) is 1. The van der Waals surface area contributed by atoms with E-state index in [-0.39, 0.29) is 11.8 Å². The third-order valence-electron chi connectivity index (χ3n) is 3.37. The fraction of sp³-hybridized carbons (Fsp3) is 0.692. The van der Waals surface area contributed by atoms with Gasteiger partial charge in [-0.15, -0.1) is 0 Å². The average Bonchev–Trinajstić information content (AvgIpc) is 2.75. The number of carbonyl (C=O) groups excluding carboxylic acids is 1. The maximum absolute atomic E-state index is 12.0.